The first-order chi connectivity index (χ1) is 5.36. The fourth-order valence-electron chi connectivity index (χ4n) is 1.12. The van der Waals surface area contributed by atoms with Gasteiger partial charge in [-0.05, 0) is 18.6 Å². The van der Waals surface area contributed by atoms with Gasteiger partial charge in [-0.15, -0.1) is 11.8 Å². The van der Waals surface area contributed by atoms with E-state index in [-0.39, 0.29) is 0 Å². The summed E-state index contributed by atoms with van der Waals surface area (Å²) in [6.07, 6.45) is 1.90. The lowest BCUT2D eigenvalue weighted by molar-refractivity contribution is 1.09. The van der Waals surface area contributed by atoms with Crippen LogP contribution in [0.2, 0.25) is 0 Å². The van der Waals surface area contributed by atoms with E-state index in [4.69, 9.17) is 0 Å². The molecule has 0 saturated heterocycles. The van der Waals surface area contributed by atoms with Crippen LogP contribution in [0.5, 0.6) is 0 Å². The minimum atomic E-state index is 1.04. The molecule has 0 aliphatic carbocycles. The number of nitrogens with one attached hydrogen (secondary N) is 1. The molecule has 58 valence electrons. The quantitative estimate of drug-likeness (QED) is 0.637. The van der Waals surface area contributed by atoms with Gasteiger partial charge in [0.1, 0.15) is 5.82 Å². The van der Waals surface area contributed by atoms with Crippen LogP contribution < -0.4 is 5.32 Å². The Balaban J connectivity index is 2.43. The van der Waals surface area contributed by atoms with Crippen LogP contribution >= 0.6 is 11.8 Å². The van der Waals surface area contributed by atoms with Crippen molar-refractivity contribution in [3.05, 3.63) is 17.8 Å². The van der Waals surface area contributed by atoms with Crippen LogP contribution in [-0.4, -0.2) is 17.3 Å². The third-order valence-electron chi connectivity index (χ3n) is 1.64. The van der Waals surface area contributed by atoms with Gasteiger partial charge in [0.05, 0.1) is 4.90 Å². The van der Waals surface area contributed by atoms with Gasteiger partial charge >= 0.3 is 0 Å². The van der Waals surface area contributed by atoms with Crippen molar-refractivity contribution in [2.75, 3.05) is 17.6 Å². The topological polar surface area (TPSA) is 24.9 Å². The summed E-state index contributed by atoms with van der Waals surface area (Å²) in [5.41, 5.74) is 1.24. The Kier molecular flexibility index (Phi) is 1.74. The van der Waals surface area contributed by atoms with E-state index in [0.717, 1.165) is 18.1 Å². The first-order valence-electron chi connectivity index (χ1n) is 3.69. The molecule has 3 heteroatoms. The maximum atomic E-state index is 4.29. The van der Waals surface area contributed by atoms with Crippen molar-refractivity contribution in [2.24, 2.45) is 0 Å². The van der Waals surface area contributed by atoms with E-state index >= 15 is 0 Å². The molecule has 2 heterocycles. The predicted molar refractivity (Wildman–Crippen MR) is 48.2 cm³/mol. The molecule has 0 radical (unpaired) electrons. The number of thioether (sulfide) groups is 1. The van der Waals surface area contributed by atoms with E-state index in [0.29, 0.717) is 0 Å². The third-order valence-corrected chi connectivity index (χ3v) is 2.67. The first-order valence-corrected chi connectivity index (χ1v) is 4.68. The number of rotatable bonds is 0. The SMILES string of the molecule is Cc1cnc2c(c1)SCCN2. The highest BCUT2D eigenvalue weighted by Gasteiger charge is 2.08. The molecular weight excluding hydrogens is 156 g/mol. The van der Waals surface area contributed by atoms with Gasteiger partial charge in [0, 0.05) is 18.5 Å². The van der Waals surface area contributed by atoms with Crippen molar-refractivity contribution in [2.45, 2.75) is 11.8 Å². The largest absolute Gasteiger partial charge is 0.368 e. The first kappa shape index (κ1) is 6.98. The summed E-state index contributed by atoms with van der Waals surface area (Å²) in [7, 11) is 0. The van der Waals surface area contributed by atoms with Crippen molar-refractivity contribution in [3.63, 3.8) is 0 Å². The van der Waals surface area contributed by atoms with Crippen LogP contribution in [0.15, 0.2) is 17.2 Å². The normalized spacial score (nSPS) is 15.4. The summed E-state index contributed by atoms with van der Waals surface area (Å²) in [6, 6.07) is 2.18. The van der Waals surface area contributed by atoms with Gasteiger partial charge in [-0.1, -0.05) is 0 Å². The maximum Gasteiger partial charge on any atom is 0.139 e. The van der Waals surface area contributed by atoms with Gasteiger partial charge in [-0.2, -0.15) is 0 Å². The minimum absolute atomic E-state index is 1.04. The van der Waals surface area contributed by atoms with E-state index in [9.17, 15) is 0 Å². The summed E-state index contributed by atoms with van der Waals surface area (Å²) in [5.74, 6) is 2.20. The van der Waals surface area contributed by atoms with Crippen LogP contribution in [0.4, 0.5) is 5.82 Å². The third kappa shape index (κ3) is 1.33. The molecule has 0 atom stereocenters. The highest BCUT2D eigenvalue weighted by atomic mass is 32.2. The Labute approximate surface area is 70.4 Å². The number of anilines is 1. The number of hydrogen-bond acceptors (Lipinski definition) is 3. The highest BCUT2D eigenvalue weighted by Crippen LogP contribution is 2.28. The Morgan fingerprint density at radius 3 is 3.45 bits per heavy atom. The van der Waals surface area contributed by atoms with Gasteiger partial charge in [0.25, 0.3) is 0 Å². The van der Waals surface area contributed by atoms with Gasteiger partial charge < -0.3 is 5.32 Å². The van der Waals surface area contributed by atoms with Gasteiger partial charge in [0.2, 0.25) is 0 Å². The standard InChI is InChI=1S/C8H10N2S/c1-6-4-7-8(10-5-6)9-2-3-11-7/h4-5H,2-3H2,1H3,(H,9,10). The van der Waals surface area contributed by atoms with Gasteiger partial charge in [0.15, 0.2) is 0 Å². The molecule has 2 nitrogen and oxygen atoms in total. The van der Waals surface area contributed by atoms with E-state index in [2.05, 4.69) is 23.3 Å². The summed E-state index contributed by atoms with van der Waals surface area (Å²) in [5, 5.41) is 3.26. The fourth-order valence-corrected chi connectivity index (χ4v) is 2.07. The van der Waals surface area contributed by atoms with E-state index < -0.39 is 0 Å². The van der Waals surface area contributed by atoms with Crippen molar-refractivity contribution in [3.8, 4) is 0 Å². The molecule has 0 unspecified atom stereocenters. The van der Waals surface area contributed by atoms with Crippen molar-refractivity contribution in [1.29, 1.82) is 0 Å². The molecule has 0 spiro atoms. The molecule has 11 heavy (non-hydrogen) atoms. The number of fused-ring (bicyclic) bond motifs is 1. The van der Waals surface area contributed by atoms with Crippen molar-refractivity contribution in [1.82, 2.24) is 4.98 Å². The maximum absolute atomic E-state index is 4.29. The van der Waals surface area contributed by atoms with Crippen molar-refractivity contribution < 1.29 is 0 Å². The lowest BCUT2D eigenvalue weighted by atomic mass is 10.3. The number of pyridine rings is 1. The van der Waals surface area contributed by atoms with Gasteiger partial charge in [-0.3, -0.25) is 0 Å². The lowest BCUT2D eigenvalue weighted by Crippen LogP contribution is -2.11. The number of hydrogen-bond donors (Lipinski definition) is 1. The van der Waals surface area contributed by atoms with Crippen LogP contribution in [0.25, 0.3) is 0 Å². The summed E-state index contributed by atoms with van der Waals surface area (Å²) in [4.78, 5) is 5.58. The zero-order chi connectivity index (χ0) is 7.68. The monoisotopic (exact) mass is 166 g/mol. The number of aryl methyl sites for hydroxylation is 1. The zero-order valence-electron chi connectivity index (χ0n) is 6.42. The average Bonchev–Trinajstić information content (AvgIpc) is 2.04. The highest BCUT2D eigenvalue weighted by molar-refractivity contribution is 7.99. The van der Waals surface area contributed by atoms with Crippen LogP contribution in [0.3, 0.4) is 0 Å². The molecule has 1 aliphatic heterocycles. The molecule has 0 aromatic carbocycles. The molecule has 1 aliphatic rings. The molecule has 1 aromatic heterocycles. The second kappa shape index (κ2) is 2.74. The molecule has 2 rings (SSSR count). The second-order valence-electron chi connectivity index (χ2n) is 2.63. The molecule has 0 fully saturated rings. The Morgan fingerprint density at radius 2 is 2.55 bits per heavy atom. The van der Waals surface area contributed by atoms with Crippen LogP contribution in [0, 0.1) is 6.92 Å². The average molecular weight is 166 g/mol. The summed E-state index contributed by atoms with van der Waals surface area (Å²) >= 11 is 1.88. The van der Waals surface area contributed by atoms with Gasteiger partial charge in [-0.25, -0.2) is 4.98 Å². The number of nitrogens with zero attached hydrogens (tertiary/aromatic N) is 1. The fraction of sp³-hybridized carbons (Fsp3) is 0.375. The molecule has 0 bridgehead atoms. The second-order valence-corrected chi connectivity index (χ2v) is 3.77. The number of aromatic nitrogens is 1. The Bertz CT molecular complexity index is 273. The molecule has 0 saturated carbocycles. The Hall–Kier alpha value is -0.700. The summed E-state index contributed by atoms with van der Waals surface area (Å²) in [6.45, 7) is 3.11. The lowest BCUT2D eigenvalue weighted by Gasteiger charge is -2.15. The van der Waals surface area contributed by atoms with E-state index in [1.165, 1.54) is 10.5 Å². The molecule has 1 aromatic rings. The van der Waals surface area contributed by atoms with E-state index in [1.807, 2.05) is 18.0 Å². The van der Waals surface area contributed by atoms with Crippen LogP contribution in [0.1, 0.15) is 5.56 Å². The predicted octanol–water partition coefficient (Wildman–Crippen LogP) is 1.91. The zero-order valence-corrected chi connectivity index (χ0v) is 7.24. The van der Waals surface area contributed by atoms with Crippen molar-refractivity contribution >= 4 is 17.6 Å². The molecular formula is C8H10N2S. The summed E-state index contributed by atoms with van der Waals surface area (Å²) < 4.78 is 0. The van der Waals surface area contributed by atoms with Crippen LogP contribution in [-0.2, 0) is 0 Å². The molecule has 0 amide bonds. The minimum Gasteiger partial charge on any atom is -0.368 e. The van der Waals surface area contributed by atoms with E-state index in [1.54, 1.807) is 0 Å². The molecule has 1 N–H and O–H groups in total. The smallest absolute Gasteiger partial charge is 0.139 e. The Morgan fingerprint density at radius 1 is 1.64 bits per heavy atom.